The van der Waals surface area contributed by atoms with Crippen LogP contribution in [0, 0.1) is 0 Å². The van der Waals surface area contributed by atoms with Gasteiger partial charge in [0.05, 0.1) is 12.7 Å². The first-order chi connectivity index (χ1) is 11.2. The Hall–Kier alpha value is -2.95. The van der Waals surface area contributed by atoms with Gasteiger partial charge in [0, 0.05) is 0 Å². The molecule has 0 radical (unpaired) electrons. The number of methoxy groups -OCH3 is 1. The third-order valence-electron chi connectivity index (χ3n) is 3.51. The van der Waals surface area contributed by atoms with Gasteiger partial charge >= 0.3 is 0 Å². The molecule has 1 heterocycles. The lowest BCUT2D eigenvalue weighted by molar-refractivity contribution is 0.112. The molecule has 23 heavy (non-hydrogen) atoms. The molecule has 0 aromatic heterocycles. The fourth-order valence-electron chi connectivity index (χ4n) is 2.35. The summed E-state index contributed by atoms with van der Waals surface area (Å²) in [5, 5.41) is 9.82. The number of rotatable bonds is 4. The van der Waals surface area contributed by atoms with Gasteiger partial charge in [-0.2, -0.15) is 0 Å². The number of benzene rings is 2. The number of aromatic hydroxyl groups is 1. The summed E-state index contributed by atoms with van der Waals surface area (Å²) in [5.74, 6) is 1.56. The minimum atomic E-state index is -0.154. The SMILES string of the molecule is COc1cc(/C=C/c2ccc3c(c2)OCCO3)cc(C=O)c1O. The first-order valence-electron chi connectivity index (χ1n) is 7.15. The van der Waals surface area contributed by atoms with Crippen LogP contribution in [0.15, 0.2) is 30.3 Å². The zero-order valence-electron chi connectivity index (χ0n) is 12.6. The Morgan fingerprint density at radius 3 is 2.52 bits per heavy atom. The van der Waals surface area contributed by atoms with Gasteiger partial charge in [0.1, 0.15) is 13.2 Å². The average Bonchev–Trinajstić information content (AvgIpc) is 2.60. The summed E-state index contributed by atoms with van der Waals surface area (Å²) in [5.41, 5.74) is 1.87. The Labute approximate surface area is 133 Å². The van der Waals surface area contributed by atoms with Crippen molar-refractivity contribution < 1.29 is 24.1 Å². The number of phenolic OH excluding ortho intramolecular Hbond substituents is 1. The average molecular weight is 312 g/mol. The molecule has 0 aliphatic carbocycles. The smallest absolute Gasteiger partial charge is 0.168 e. The van der Waals surface area contributed by atoms with Crippen molar-refractivity contribution in [1.82, 2.24) is 0 Å². The number of phenols is 1. The van der Waals surface area contributed by atoms with Crippen molar-refractivity contribution in [2.45, 2.75) is 0 Å². The lowest BCUT2D eigenvalue weighted by Crippen LogP contribution is -2.15. The Bertz CT molecular complexity index is 764. The molecular formula is C18H16O5. The van der Waals surface area contributed by atoms with E-state index in [4.69, 9.17) is 14.2 Å². The summed E-state index contributed by atoms with van der Waals surface area (Å²) in [6.07, 6.45) is 4.32. The second kappa shape index (κ2) is 6.44. The van der Waals surface area contributed by atoms with Gasteiger partial charge in [-0.15, -0.1) is 0 Å². The number of fused-ring (bicyclic) bond motifs is 1. The minimum absolute atomic E-state index is 0.154. The van der Waals surface area contributed by atoms with E-state index in [2.05, 4.69) is 0 Å². The Kier molecular flexibility index (Phi) is 4.19. The van der Waals surface area contributed by atoms with Crippen LogP contribution in [0.2, 0.25) is 0 Å². The normalized spacial score (nSPS) is 13.1. The maximum atomic E-state index is 11.0. The lowest BCUT2D eigenvalue weighted by atomic mass is 10.1. The summed E-state index contributed by atoms with van der Waals surface area (Å²) in [6.45, 7) is 1.10. The van der Waals surface area contributed by atoms with Crippen LogP contribution in [0.3, 0.4) is 0 Å². The van der Waals surface area contributed by atoms with Crippen LogP contribution in [-0.4, -0.2) is 31.7 Å². The van der Waals surface area contributed by atoms with Gasteiger partial charge in [-0.1, -0.05) is 18.2 Å². The Balaban J connectivity index is 1.89. The number of ether oxygens (including phenoxy) is 3. The molecular weight excluding hydrogens is 296 g/mol. The van der Waals surface area contributed by atoms with E-state index in [1.165, 1.54) is 7.11 Å². The highest BCUT2D eigenvalue weighted by atomic mass is 16.6. The molecule has 0 amide bonds. The van der Waals surface area contributed by atoms with Gasteiger partial charge in [0.25, 0.3) is 0 Å². The number of hydrogen-bond acceptors (Lipinski definition) is 5. The second-order valence-corrected chi connectivity index (χ2v) is 5.02. The molecule has 2 aromatic rings. The van der Waals surface area contributed by atoms with Gasteiger partial charge < -0.3 is 19.3 Å². The van der Waals surface area contributed by atoms with E-state index >= 15 is 0 Å². The van der Waals surface area contributed by atoms with E-state index in [1.54, 1.807) is 12.1 Å². The van der Waals surface area contributed by atoms with Crippen LogP contribution >= 0.6 is 0 Å². The van der Waals surface area contributed by atoms with Crippen molar-refractivity contribution in [3.05, 3.63) is 47.0 Å². The van der Waals surface area contributed by atoms with Crippen molar-refractivity contribution >= 4 is 18.4 Å². The molecule has 2 aromatic carbocycles. The van der Waals surface area contributed by atoms with Gasteiger partial charge in [0.15, 0.2) is 29.3 Å². The molecule has 118 valence electrons. The van der Waals surface area contributed by atoms with Crippen LogP contribution in [0.5, 0.6) is 23.0 Å². The number of aldehydes is 1. The molecule has 0 fully saturated rings. The highest BCUT2D eigenvalue weighted by molar-refractivity contribution is 5.84. The maximum Gasteiger partial charge on any atom is 0.168 e. The van der Waals surface area contributed by atoms with Crippen LogP contribution in [0.4, 0.5) is 0 Å². The molecule has 0 spiro atoms. The molecule has 0 bridgehead atoms. The third kappa shape index (κ3) is 3.13. The predicted molar refractivity (Wildman–Crippen MR) is 86.4 cm³/mol. The minimum Gasteiger partial charge on any atom is -0.504 e. The number of hydrogen-bond donors (Lipinski definition) is 1. The summed E-state index contributed by atoms with van der Waals surface area (Å²) in [4.78, 5) is 11.0. The lowest BCUT2D eigenvalue weighted by Gasteiger charge is -2.18. The summed E-state index contributed by atoms with van der Waals surface area (Å²) in [7, 11) is 1.44. The van der Waals surface area contributed by atoms with E-state index in [0.717, 1.165) is 22.6 Å². The van der Waals surface area contributed by atoms with Crippen LogP contribution in [0.25, 0.3) is 12.2 Å². The zero-order valence-corrected chi connectivity index (χ0v) is 12.6. The summed E-state index contributed by atoms with van der Waals surface area (Å²) < 4.78 is 16.1. The maximum absolute atomic E-state index is 11.0. The molecule has 5 nitrogen and oxygen atoms in total. The standard InChI is InChI=1S/C18H16O5/c1-21-17-10-13(8-14(11-19)18(17)20)3-2-12-4-5-15-16(9-12)23-7-6-22-15/h2-5,8-11,20H,6-7H2,1H3/b3-2+. The first-order valence-corrected chi connectivity index (χ1v) is 7.15. The second-order valence-electron chi connectivity index (χ2n) is 5.02. The van der Waals surface area contributed by atoms with Gasteiger partial charge in [-0.25, -0.2) is 0 Å². The third-order valence-corrected chi connectivity index (χ3v) is 3.51. The van der Waals surface area contributed by atoms with Crippen LogP contribution in [-0.2, 0) is 0 Å². The quantitative estimate of drug-likeness (QED) is 0.694. The van der Waals surface area contributed by atoms with Gasteiger partial charge in [-0.05, 0) is 35.4 Å². The molecule has 1 N–H and O–H groups in total. The van der Waals surface area contributed by atoms with Crippen molar-refractivity contribution in [1.29, 1.82) is 0 Å². The molecule has 0 saturated carbocycles. The Morgan fingerprint density at radius 1 is 1.04 bits per heavy atom. The van der Waals surface area contributed by atoms with E-state index in [-0.39, 0.29) is 17.1 Å². The van der Waals surface area contributed by atoms with Crippen molar-refractivity contribution in [3.63, 3.8) is 0 Å². The molecule has 0 unspecified atom stereocenters. The zero-order chi connectivity index (χ0) is 16.2. The molecule has 0 atom stereocenters. The highest BCUT2D eigenvalue weighted by Crippen LogP contribution is 2.33. The summed E-state index contributed by atoms with van der Waals surface area (Å²) in [6, 6.07) is 8.93. The van der Waals surface area contributed by atoms with Gasteiger partial charge in [-0.3, -0.25) is 4.79 Å². The van der Waals surface area contributed by atoms with E-state index in [0.29, 0.717) is 19.5 Å². The largest absolute Gasteiger partial charge is 0.504 e. The Morgan fingerprint density at radius 2 is 1.78 bits per heavy atom. The fourth-order valence-corrected chi connectivity index (χ4v) is 2.35. The van der Waals surface area contributed by atoms with E-state index in [1.807, 2.05) is 30.4 Å². The van der Waals surface area contributed by atoms with E-state index < -0.39 is 0 Å². The number of carbonyl (C=O) groups excluding carboxylic acids is 1. The molecule has 5 heteroatoms. The summed E-state index contributed by atoms with van der Waals surface area (Å²) >= 11 is 0. The van der Waals surface area contributed by atoms with Crippen LogP contribution < -0.4 is 14.2 Å². The molecule has 1 aliphatic heterocycles. The van der Waals surface area contributed by atoms with Crippen molar-refractivity contribution in [2.24, 2.45) is 0 Å². The monoisotopic (exact) mass is 312 g/mol. The molecule has 3 rings (SSSR count). The molecule has 1 aliphatic rings. The van der Waals surface area contributed by atoms with Gasteiger partial charge in [0.2, 0.25) is 0 Å². The first kappa shape index (κ1) is 15.0. The van der Waals surface area contributed by atoms with Crippen LogP contribution in [0.1, 0.15) is 21.5 Å². The topological polar surface area (TPSA) is 65.0 Å². The highest BCUT2D eigenvalue weighted by Gasteiger charge is 2.11. The fraction of sp³-hybridized carbons (Fsp3) is 0.167. The van der Waals surface area contributed by atoms with E-state index in [9.17, 15) is 9.90 Å². The van der Waals surface area contributed by atoms with Crippen molar-refractivity contribution in [2.75, 3.05) is 20.3 Å². The van der Waals surface area contributed by atoms with Crippen molar-refractivity contribution in [3.8, 4) is 23.0 Å². The number of carbonyl (C=O) groups is 1. The predicted octanol–water partition coefficient (Wildman–Crippen LogP) is 3.15. The molecule has 0 saturated heterocycles.